The molecule has 0 saturated carbocycles. The third-order valence-corrected chi connectivity index (χ3v) is 11.4. The molecule has 0 aromatic rings. The molecular formula is C50H92NO8P. The van der Waals surface area contributed by atoms with Crippen LogP contribution < -0.4 is 5.32 Å². The van der Waals surface area contributed by atoms with E-state index in [0.29, 0.717) is 13.0 Å². The highest BCUT2D eigenvalue weighted by atomic mass is 31.2. The number of hydrogen-bond donors (Lipinski definition) is 2. The standard InChI is InChI=1S/C50H92NO8P/c1-4-6-8-10-12-14-16-18-20-22-23-24-25-27-28-30-32-34-36-38-40-42-49(52)56-46-48(47-58-60(54,55)57-45-44-51-3)59-50(53)43-41-39-37-35-33-31-29-26-21-19-17-15-13-11-9-7-5-2/h13,15,18-21,29,31,48,51H,4-12,14,16-17,22-28,30,32-47H2,1-3H3,(H,54,55)/b15-13-,20-18-,21-19-,31-29-. The fraction of sp³-hybridized carbons (Fsp3) is 0.800. The van der Waals surface area contributed by atoms with Gasteiger partial charge in [0.05, 0.1) is 13.2 Å². The monoisotopic (exact) mass is 866 g/mol. The topological polar surface area (TPSA) is 120 Å². The van der Waals surface area contributed by atoms with Crippen molar-refractivity contribution in [3.05, 3.63) is 48.6 Å². The van der Waals surface area contributed by atoms with Gasteiger partial charge in [0, 0.05) is 19.4 Å². The molecule has 60 heavy (non-hydrogen) atoms. The predicted molar refractivity (Wildman–Crippen MR) is 252 cm³/mol. The number of esters is 2. The van der Waals surface area contributed by atoms with Gasteiger partial charge in [0.25, 0.3) is 0 Å². The van der Waals surface area contributed by atoms with Crippen molar-refractivity contribution in [3.8, 4) is 0 Å². The minimum Gasteiger partial charge on any atom is -0.462 e. The molecule has 0 aliphatic rings. The molecule has 350 valence electrons. The van der Waals surface area contributed by atoms with Crippen LogP contribution in [0.15, 0.2) is 48.6 Å². The summed E-state index contributed by atoms with van der Waals surface area (Å²) in [6, 6.07) is 0. The van der Waals surface area contributed by atoms with Crippen molar-refractivity contribution in [3.63, 3.8) is 0 Å². The number of phosphoric ester groups is 1. The largest absolute Gasteiger partial charge is 0.472 e. The Hall–Kier alpha value is -2.03. The number of ether oxygens (including phenoxy) is 2. The first-order chi connectivity index (χ1) is 29.3. The molecule has 2 atom stereocenters. The van der Waals surface area contributed by atoms with Gasteiger partial charge in [0.1, 0.15) is 6.61 Å². The second-order valence-electron chi connectivity index (χ2n) is 16.3. The molecule has 0 aromatic carbocycles. The summed E-state index contributed by atoms with van der Waals surface area (Å²) in [4.78, 5) is 35.2. The lowest BCUT2D eigenvalue weighted by atomic mass is 10.0. The number of hydrogen-bond acceptors (Lipinski definition) is 8. The SMILES string of the molecule is CCCCC/C=C\C/C=C\C/C=C\CCCCCCC(=O)OC(COC(=O)CCCCCCCCCCCCC/C=C\CCCCCCCC)COP(=O)(O)OCCNC. The minimum atomic E-state index is -4.36. The van der Waals surface area contributed by atoms with E-state index in [-0.39, 0.29) is 32.0 Å². The van der Waals surface area contributed by atoms with Crippen LogP contribution in [0, 0.1) is 0 Å². The first kappa shape index (κ1) is 58.0. The number of unbranched alkanes of at least 4 members (excludes halogenated alkanes) is 24. The number of allylic oxidation sites excluding steroid dienone is 8. The molecule has 0 aliphatic carbocycles. The van der Waals surface area contributed by atoms with Gasteiger partial charge in [-0.3, -0.25) is 18.6 Å². The molecule has 0 bridgehead atoms. The van der Waals surface area contributed by atoms with Crippen LogP contribution in [0.25, 0.3) is 0 Å². The molecule has 0 spiro atoms. The molecule has 0 amide bonds. The average molecular weight is 866 g/mol. The van der Waals surface area contributed by atoms with Crippen molar-refractivity contribution in [2.75, 3.05) is 33.4 Å². The van der Waals surface area contributed by atoms with Crippen LogP contribution in [0.1, 0.15) is 219 Å². The van der Waals surface area contributed by atoms with Crippen LogP contribution >= 0.6 is 7.82 Å². The first-order valence-electron chi connectivity index (χ1n) is 24.6. The third kappa shape index (κ3) is 45.5. The number of carbonyl (C=O) groups is 2. The van der Waals surface area contributed by atoms with Crippen LogP contribution in [0.2, 0.25) is 0 Å². The van der Waals surface area contributed by atoms with Crippen molar-refractivity contribution >= 4 is 19.8 Å². The molecule has 2 unspecified atom stereocenters. The summed E-state index contributed by atoms with van der Waals surface area (Å²) < 4.78 is 33.3. The van der Waals surface area contributed by atoms with E-state index in [4.69, 9.17) is 18.5 Å². The Balaban J connectivity index is 4.16. The molecule has 0 fully saturated rings. The van der Waals surface area contributed by atoms with E-state index in [9.17, 15) is 19.0 Å². The summed E-state index contributed by atoms with van der Waals surface area (Å²) in [6.45, 7) is 4.18. The highest BCUT2D eigenvalue weighted by Crippen LogP contribution is 2.43. The molecular weight excluding hydrogens is 774 g/mol. The fourth-order valence-electron chi connectivity index (χ4n) is 6.67. The number of phosphoric acid groups is 1. The highest BCUT2D eigenvalue weighted by Gasteiger charge is 2.26. The van der Waals surface area contributed by atoms with Gasteiger partial charge in [0.15, 0.2) is 6.10 Å². The lowest BCUT2D eigenvalue weighted by Gasteiger charge is -2.20. The lowest BCUT2D eigenvalue weighted by molar-refractivity contribution is -0.161. The number of nitrogens with one attached hydrogen (secondary N) is 1. The Kier molecular flexibility index (Phi) is 44.9. The van der Waals surface area contributed by atoms with E-state index >= 15 is 0 Å². The van der Waals surface area contributed by atoms with Gasteiger partial charge in [-0.25, -0.2) is 4.57 Å². The molecule has 9 nitrogen and oxygen atoms in total. The first-order valence-corrected chi connectivity index (χ1v) is 26.1. The molecule has 2 N–H and O–H groups in total. The maximum atomic E-state index is 12.7. The quantitative estimate of drug-likeness (QED) is 0.0267. The van der Waals surface area contributed by atoms with Gasteiger partial charge in [-0.2, -0.15) is 0 Å². The Morgan fingerprint density at radius 1 is 0.517 bits per heavy atom. The van der Waals surface area contributed by atoms with Crippen molar-refractivity contribution in [1.82, 2.24) is 5.32 Å². The molecule has 0 radical (unpaired) electrons. The Morgan fingerprint density at radius 3 is 1.38 bits per heavy atom. The van der Waals surface area contributed by atoms with Crippen molar-refractivity contribution in [1.29, 1.82) is 0 Å². The molecule has 0 heterocycles. The van der Waals surface area contributed by atoms with Crippen molar-refractivity contribution in [2.45, 2.75) is 225 Å². The summed E-state index contributed by atoms with van der Waals surface area (Å²) in [5.41, 5.74) is 0. The van der Waals surface area contributed by atoms with Crippen LogP contribution in [-0.2, 0) is 32.7 Å². The van der Waals surface area contributed by atoms with E-state index < -0.39 is 26.5 Å². The van der Waals surface area contributed by atoms with Gasteiger partial charge < -0.3 is 19.7 Å². The Morgan fingerprint density at radius 2 is 0.900 bits per heavy atom. The predicted octanol–water partition coefficient (Wildman–Crippen LogP) is 14.5. The van der Waals surface area contributed by atoms with Gasteiger partial charge >= 0.3 is 19.8 Å². The molecule has 10 heteroatoms. The van der Waals surface area contributed by atoms with Gasteiger partial charge in [-0.1, -0.05) is 178 Å². The van der Waals surface area contributed by atoms with E-state index in [2.05, 4.69) is 67.8 Å². The molecule has 0 rings (SSSR count). The number of carbonyl (C=O) groups excluding carboxylic acids is 2. The summed E-state index contributed by atoms with van der Waals surface area (Å²) in [6.07, 6.45) is 53.0. The smallest absolute Gasteiger partial charge is 0.462 e. The summed E-state index contributed by atoms with van der Waals surface area (Å²) in [7, 11) is -2.66. The van der Waals surface area contributed by atoms with E-state index in [1.54, 1.807) is 7.05 Å². The number of rotatable bonds is 46. The summed E-state index contributed by atoms with van der Waals surface area (Å²) in [5, 5.41) is 2.83. The molecule has 0 aromatic heterocycles. The summed E-state index contributed by atoms with van der Waals surface area (Å²) in [5.74, 6) is -0.829. The van der Waals surface area contributed by atoms with Gasteiger partial charge in [-0.05, 0) is 84.1 Å². The van der Waals surface area contributed by atoms with Crippen LogP contribution in [0.3, 0.4) is 0 Å². The summed E-state index contributed by atoms with van der Waals surface area (Å²) >= 11 is 0. The zero-order valence-corrected chi connectivity index (χ0v) is 39.8. The van der Waals surface area contributed by atoms with Crippen LogP contribution in [0.5, 0.6) is 0 Å². The Labute approximate surface area is 369 Å². The van der Waals surface area contributed by atoms with E-state index in [1.807, 2.05) is 0 Å². The second-order valence-corrected chi connectivity index (χ2v) is 17.7. The van der Waals surface area contributed by atoms with Gasteiger partial charge in [0.2, 0.25) is 0 Å². The van der Waals surface area contributed by atoms with E-state index in [0.717, 1.165) is 57.8 Å². The van der Waals surface area contributed by atoms with E-state index in [1.165, 1.54) is 128 Å². The van der Waals surface area contributed by atoms with Crippen molar-refractivity contribution < 1.29 is 37.6 Å². The lowest BCUT2D eigenvalue weighted by Crippen LogP contribution is -2.29. The highest BCUT2D eigenvalue weighted by molar-refractivity contribution is 7.47. The third-order valence-electron chi connectivity index (χ3n) is 10.4. The Bertz CT molecular complexity index is 1120. The maximum absolute atomic E-state index is 12.7. The minimum absolute atomic E-state index is 0.0225. The number of likely N-dealkylation sites (N-methyl/N-ethyl adjacent to an activating group) is 1. The normalized spacial score (nSPS) is 13.6. The maximum Gasteiger partial charge on any atom is 0.472 e. The van der Waals surface area contributed by atoms with Gasteiger partial charge in [-0.15, -0.1) is 0 Å². The zero-order chi connectivity index (χ0) is 43.9. The van der Waals surface area contributed by atoms with Crippen LogP contribution in [-0.4, -0.2) is 56.3 Å². The molecule has 0 saturated heterocycles. The fourth-order valence-corrected chi connectivity index (χ4v) is 7.42. The zero-order valence-electron chi connectivity index (χ0n) is 38.9. The van der Waals surface area contributed by atoms with Crippen LogP contribution in [0.4, 0.5) is 0 Å². The average Bonchev–Trinajstić information content (AvgIpc) is 3.23. The molecule has 0 aliphatic heterocycles. The second kappa shape index (κ2) is 46.5. The van der Waals surface area contributed by atoms with Crippen molar-refractivity contribution in [2.24, 2.45) is 0 Å².